The molecule has 0 saturated heterocycles. The van der Waals surface area contributed by atoms with E-state index in [1.807, 2.05) is 0 Å². The topological polar surface area (TPSA) is 114 Å². The average Bonchev–Trinajstić information content (AvgIpc) is 3.03. The number of imide groups is 1. The van der Waals surface area contributed by atoms with Crippen molar-refractivity contribution in [3.63, 3.8) is 0 Å². The Morgan fingerprint density at radius 3 is 2.13 bits per heavy atom. The molecule has 31 heavy (non-hydrogen) atoms. The number of hydrogen-bond donors (Lipinski definition) is 1. The smallest absolute Gasteiger partial charge is 0.328 e. The number of amides is 3. The number of carbonyl (C=O) groups excluding carboxylic acids is 4. The van der Waals surface area contributed by atoms with E-state index in [2.05, 4.69) is 10.3 Å². The molecule has 1 heterocycles. The van der Waals surface area contributed by atoms with Crippen LogP contribution in [0.4, 0.5) is 5.69 Å². The van der Waals surface area contributed by atoms with Gasteiger partial charge in [-0.1, -0.05) is 12.1 Å². The molecule has 0 unspecified atom stereocenters. The summed E-state index contributed by atoms with van der Waals surface area (Å²) in [5, 5.41) is 2.44. The van der Waals surface area contributed by atoms with Gasteiger partial charge < -0.3 is 14.8 Å². The normalized spacial score (nSPS) is 14.2. The molecular weight excluding hydrogens is 402 g/mol. The van der Waals surface area contributed by atoms with Gasteiger partial charge in [0.15, 0.2) is 0 Å². The number of esters is 1. The first-order chi connectivity index (χ1) is 14.9. The molecule has 1 aliphatic heterocycles. The minimum atomic E-state index is -1.01. The summed E-state index contributed by atoms with van der Waals surface area (Å²) in [4.78, 5) is 55.7. The summed E-state index contributed by atoms with van der Waals surface area (Å²) in [5.41, 5.74) is 0.647. The summed E-state index contributed by atoms with van der Waals surface area (Å²) < 4.78 is 9.99. The summed E-state index contributed by atoms with van der Waals surface area (Å²) in [7, 11) is 1.51. The van der Waals surface area contributed by atoms with Gasteiger partial charge in [0.2, 0.25) is 5.84 Å². The van der Waals surface area contributed by atoms with Crippen molar-refractivity contribution in [1.82, 2.24) is 10.2 Å². The van der Waals surface area contributed by atoms with E-state index >= 15 is 0 Å². The molecule has 9 heteroatoms. The number of nitrogens with zero attached hydrogens (tertiary/aromatic N) is 2. The Morgan fingerprint density at radius 1 is 1.03 bits per heavy atom. The Morgan fingerprint density at radius 2 is 1.61 bits per heavy atom. The van der Waals surface area contributed by atoms with Crippen LogP contribution in [0, 0.1) is 0 Å². The van der Waals surface area contributed by atoms with Crippen LogP contribution in [-0.4, -0.2) is 54.2 Å². The molecule has 1 atom stereocenters. The maximum absolute atomic E-state index is 13.0. The van der Waals surface area contributed by atoms with Crippen LogP contribution in [-0.2, 0) is 14.3 Å². The number of rotatable bonds is 5. The minimum Gasteiger partial charge on any atom is -0.497 e. The van der Waals surface area contributed by atoms with Crippen molar-refractivity contribution in [2.45, 2.75) is 19.9 Å². The second-order valence-electron chi connectivity index (χ2n) is 6.57. The SMILES string of the molecule is CCOC(=O)[C@@H](C)NC(=O)C(=Nc1ccc(OC)cc1)N1C(=O)c2ccccc2C1=O. The number of ether oxygens (including phenoxy) is 2. The second-order valence-corrected chi connectivity index (χ2v) is 6.57. The van der Waals surface area contributed by atoms with Crippen LogP contribution in [0.25, 0.3) is 0 Å². The predicted octanol–water partition coefficient (Wildman–Crippen LogP) is 2.09. The number of carbonyl (C=O) groups is 4. The maximum Gasteiger partial charge on any atom is 0.328 e. The van der Waals surface area contributed by atoms with Crippen LogP contribution in [0.2, 0.25) is 0 Å². The zero-order valence-electron chi connectivity index (χ0n) is 17.2. The first kappa shape index (κ1) is 21.7. The summed E-state index contributed by atoms with van der Waals surface area (Å²) in [6.45, 7) is 3.22. The van der Waals surface area contributed by atoms with E-state index < -0.39 is 35.6 Å². The van der Waals surface area contributed by atoms with Gasteiger partial charge in [0.25, 0.3) is 17.7 Å². The summed E-state index contributed by atoms with van der Waals surface area (Å²) in [6.07, 6.45) is 0. The highest BCUT2D eigenvalue weighted by Gasteiger charge is 2.41. The van der Waals surface area contributed by atoms with Crippen molar-refractivity contribution in [1.29, 1.82) is 0 Å². The van der Waals surface area contributed by atoms with Gasteiger partial charge in [0.05, 0.1) is 30.5 Å². The average molecular weight is 423 g/mol. The van der Waals surface area contributed by atoms with Gasteiger partial charge in [-0.15, -0.1) is 0 Å². The molecule has 0 aromatic heterocycles. The molecule has 3 rings (SSSR count). The van der Waals surface area contributed by atoms with E-state index in [9.17, 15) is 19.2 Å². The number of benzene rings is 2. The van der Waals surface area contributed by atoms with Crippen LogP contribution < -0.4 is 10.1 Å². The number of aliphatic imine (C=N–C) groups is 1. The Bertz CT molecular complexity index is 1030. The fourth-order valence-corrected chi connectivity index (χ4v) is 2.95. The minimum absolute atomic E-state index is 0.143. The Hall–Kier alpha value is -4.01. The van der Waals surface area contributed by atoms with Crippen molar-refractivity contribution >= 4 is 35.2 Å². The van der Waals surface area contributed by atoms with Crippen LogP contribution in [0.15, 0.2) is 53.5 Å². The van der Waals surface area contributed by atoms with Gasteiger partial charge in [0, 0.05) is 0 Å². The molecule has 2 aromatic carbocycles. The molecule has 0 radical (unpaired) electrons. The van der Waals surface area contributed by atoms with Gasteiger partial charge in [-0.05, 0) is 50.2 Å². The first-order valence-electron chi connectivity index (χ1n) is 9.55. The Kier molecular flexibility index (Phi) is 6.44. The maximum atomic E-state index is 13.0. The van der Waals surface area contributed by atoms with Gasteiger partial charge >= 0.3 is 5.97 Å². The fraction of sp³-hybridized carbons (Fsp3) is 0.227. The quantitative estimate of drug-likeness (QED) is 0.341. The van der Waals surface area contributed by atoms with Crippen molar-refractivity contribution in [3.8, 4) is 5.75 Å². The molecule has 2 aromatic rings. The van der Waals surface area contributed by atoms with E-state index in [0.29, 0.717) is 16.3 Å². The zero-order chi connectivity index (χ0) is 22.5. The molecule has 0 spiro atoms. The number of nitrogens with one attached hydrogen (secondary N) is 1. The Balaban J connectivity index is 1.99. The highest BCUT2D eigenvalue weighted by Crippen LogP contribution is 2.25. The molecule has 3 amide bonds. The molecule has 1 aliphatic rings. The van der Waals surface area contributed by atoms with Gasteiger partial charge in [-0.25, -0.2) is 14.7 Å². The number of methoxy groups -OCH3 is 1. The summed E-state index contributed by atoms with van der Waals surface area (Å²) in [6, 6.07) is 11.6. The van der Waals surface area contributed by atoms with Crippen LogP contribution >= 0.6 is 0 Å². The standard InChI is InChI=1S/C22H21N3O6/c1-4-31-22(29)13(2)23-19(26)18(24-14-9-11-15(30-3)12-10-14)25-20(27)16-7-5-6-8-17(16)21(25)28/h5-13H,4H2,1-3H3,(H,23,26)/t13-/m1/s1. The highest BCUT2D eigenvalue weighted by atomic mass is 16.5. The van der Waals surface area contributed by atoms with Gasteiger partial charge in [0.1, 0.15) is 11.8 Å². The van der Waals surface area contributed by atoms with Gasteiger partial charge in [-0.2, -0.15) is 0 Å². The number of fused-ring (bicyclic) bond motifs is 1. The lowest BCUT2D eigenvalue weighted by Gasteiger charge is -2.18. The third-order valence-corrected chi connectivity index (χ3v) is 4.50. The largest absolute Gasteiger partial charge is 0.497 e. The van der Waals surface area contributed by atoms with Crippen LogP contribution in [0.1, 0.15) is 34.6 Å². The molecular formula is C22H21N3O6. The third-order valence-electron chi connectivity index (χ3n) is 4.50. The molecule has 9 nitrogen and oxygen atoms in total. The van der Waals surface area contributed by atoms with Crippen molar-refractivity contribution in [2.24, 2.45) is 4.99 Å². The number of hydrogen-bond acceptors (Lipinski definition) is 7. The Labute approximate surface area is 178 Å². The molecule has 1 N–H and O–H groups in total. The van der Waals surface area contributed by atoms with Crippen molar-refractivity contribution in [2.75, 3.05) is 13.7 Å². The van der Waals surface area contributed by atoms with Crippen molar-refractivity contribution in [3.05, 3.63) is 59.7 Å². The van der Waals surface area contributed by atoms with Crippen LogP contribution in [0.3, 0.4) is 0 Å². The molecule has 160 valence electrons. The third kappa shape index (κ3) is 4.45. The van der Waals surface area contributed by atoms with Crippen molar-refractivity contribution < 1.29 is 28.7 Å². The van der Waals surface area contributed by atoms with Gasteiger partial charge in [-0.3, -0.25) is 14.4 Å². The lowest BCUT2D eigenvalue weighted by atomic mass is 10.1. The highest BCUT2D eigenvalue weighted by molar-refractivity contribution is 6.48. The van der Waals surface area contributed by atoms with E-state index in [4.69, 9.17) is 9.47 Å². The van der Waals surface area contributed by atoms with E-state index in [-0.39, 0.29) is 17.7 Å². The lowest BCUT2D eigenvalue weighted by molar-refractivity contribution is -0.146. The first-order valence-corrected chi connectivity index (χ1v) is 9.55. The second kappa shape index (κ2) is 9.21. The van der Waals surface area contributed by atoms with E-state index in [1.54, 1.807) is 43.3 Å². The molecule has 0 bridgehead atoms. The number of amidine groups is 1. The van der Waals surface area contributed by atoms with Crippen LogP contribution in [0.5, 0.6) is 5.75 Å². The van der Waals surface area contributed by atoms with E-state index in [0.717, 1.165) is 0 Å². The molecule has 0 aliphatic carbocycles. The molecule has 0 fully saturated rings. The van der Waals surface area contributed by atoms with E-state index in [1.165, 1.54) is 26.2 Å². The predicted molar refractivity (Wildman–Crippen MR) is 111 cm³/mol. The summed E-state index contributed by atoms with van der Waals surface area (Å²) in [5.74, 6) is -2.75. The zero-order valence-corrected chi connectivity index (χ0v) is 17.2. The lowest BCUT2D eigenvalue weighted by Crippen LogP contribution is -2.50. The summed E-state index contributed by atoms with van der Waals surface area (Å²) >= 11 is 0. The fourth-order valence-electron chi connectivity index (χ4n) is 2.95. The molecule has 0 saturated carbocycles. The monoisotopic (exact) mass is 423 g/mol.